The van der Waals surface area contributed by atoms with Crippen molar-refractivity contribution in [1.29, 1.82) is 0 Å². The number of rotatable bonds is 12. The molecular weight excluding hydrogens is 521 g/mol. The average Bonchev–Trinajstić information content (AvgIpc) is 3.55. The van der Waals surface area contributed by atoms with Gasteiger partial charge < -0.3 is 14.0 Å². The van der Waals surface area contributed by atoms with Crippen molar-refractivity contribution in [2.75, 3.05) is 13.2 Å². The SMILES string of the molecule is Cc1ccccc1COCC1(NP(=O)(OCC2CC(C)C(n3ccc(=O)[nH]c3=O)O2)Oc2ccccc2)CC1. The molecule has 10 nitrogen and oxygen atoms in total. The van der Waals surface area contributed by atoms with Crippen LogP contribution in [0.4, 0.5) is 0 Å². The number of H-pyrrole nitrogens is 1. The van der Waals surface area contributed by atoms with Crippen LogP contribution in [0.25, 0.3) is 0 Å². The normalized spacial score (nSPS) is 23.3. The maximum absolute atomic E-state index is 14.0. The van der Waals surface area contributed by atoms with Crippen LogP contribution in [0.1, 0.15) is 43.5 Å². The molecule has 39 heavy (non-hydrogen) atoms. The van der Waals surface area contributed by atoms with Crippen molar-refractivity contribution in [2.24, 2.45) is 5.92 Å². The fourth-order valence-corrected chi connectivity index (χ4v) is 6.53. The van der Waals surface area contributed by atoms with Crippen molar-refractivity contribution < 1.29 is 23.1 Å². The minimum atomic E-state index is -3.83. The van der Waals surface area contributed by atoms with Crippen molar-refractivity contribution >= 4 is 7.75 Å². The number of ether oxygens (including phenoxy) is 2. The Morgan fingerprint density at radius 2 is 1.85 bits per heavy atom. The van der Waals surface area contributed by atoms with Gasteiger partial charge in [-0.2, -0.15) is 0 Å². The Hall–Kier alpha value is -3.01. The summed E-state index contributed by atoms with van der Waals surface area (Å²) in [7, 11) is -3.83. The van der Waals surface area contributed by atoms with Gasteiger partial charge in [-0.3, -0.25) is 18.9 Å². The van der Waals surface area contributed by atoms with E-state index in [-0.39, 0.29) is 12.5 Å². The Balaban J connectivity index is 1.24. The lowest BCUT2D eigenvalue weighted by Crippen LogP contribution is -2.36. The van der Waals surface area contributed by atoms with Crippen LogP contribution in [0.15, 0.2) is 76.4 Å². The predicted molar refractivity (Wildman–Crippen MR) is 146 cm³/mol. The third-order valence-electron chi connectivity index (χ3n) is 7.10. The Morgan fingerprint density at radius 1 is 1.10 bits per heavy atom. The zero-order valence-corrected chi connectivity index (χ0v) is 23.0. The van der Waals surface area contributed by atoms with Crippen LogP contribution < -0.4 is 20.9 Å². The van der Waals surface area contributed by atoms with Crippen molar-refractivity contribution in [3.05, 3.63) is 98.8 Å². The molecule has 2 N–H and O–H groups in total. The van der Waals surface area contributed by atoms with E-state index in [2.05, 4.69) is 10.1 Å². The van der Waals surface area contributed by atoms with Crippen LogP contribution in [0.2, 0.25) is 0 Å². The Morgan fingerprint density at radius 3 is 2.56 bits per heavy atom. The fourth-order valence-electron chi connectivity index (χ4n) is 4.73. The molecule has 1 saturated carbocycles. The zero-order valence-electron chi connectivity index (χ0n) is 22.1. The Bertz CT molecular complexity index is 1440. The predicted octanol–water partition coefficient (Wildman–Crippen LogP) is 4.31. The number of aromatic nitrogens is 2. The average molecular weight is 556 g/mol. The van der Waals surface area contributed by atoms with Crippen molar-refractivity contribution in [3.8, 4) is 5.75 Å². The van der Waals surface area contributed by atoms with Gasteiger partial charge in [-0.05, 0) is 49.4 Å². The number of nitrogens with zero attached hydrogens (tertiary/aromatic N) is 1. The Labute approximate surface area is 226 Å². The van der Waals surface area contributed by atoms with E-state index in [0.29, 0.717) is 25.4 Å². The summed E-state index contributed by atoms with van der Waals surface area (Å²) in [6, 6.07) is 18.2. The number of aromatic amines is 1. The Kier molecular flexibility index (Phi) is 8.21. The van der Waals surface area contributed by atoms with Gasteiger partial charge >= 0.3 is 13.4 Å². The highest BCUT2D eigenvalue weighted by molar-refractivity contribution is 7.52. The number of benzene rings is 2. The van der Waals surface area contributed by atoms with Gasteiger partial charge in [-0.25, -0.2) is 14.4 Å². The summed E-state index contributed by atoms with van der Waals surface area (Å²) in [5, 5.41) is 3.16. The van der Waals surface area contributed by atoms with E-state index in [1.54, 1.807) is 24.3 Å². The van der Waals surface area contributed by atoms with Crippen LogP contribution in [-0.2, 0) is 25.2 Å². The zero-order chi connectivity index (χ0) is 27.5. The van der Waals surface area contributed by atoms with Crippen LogP contribution in [0, 0.1) is 12.8 Å². The quantitative estimate of drug-likeness (QED) is 0.317. The second kappa shape index (κ2) is 11.6. The largest absolute Gasteiger partial charge is 0.459 e. The summed E-state index contributed by atoms with van der Waals surface area (Å²) < 4.78 is 39.4. The number of aryl methyl sites for hydroxylation is 1. The van der Waals surface area contributed by atoms with Crippen LogP contribution in [0.5, 0.6) is 5.75 Å². The van der Waals surface area contributed by atoms with Gasteiger partial charge in [0, 0.05) is 18.2 Å². The summed E-state index contributed by atoms with van der Waals surface area (Å²) in [6.45, 7) is 4.81. The standard InChI is InChI=1S/C28H34N3O7P/c1-20-8-6-7-9-22(20)17-35-19-28(13-14-28)30-39(34,38-23-10-4-3-5-11-23)36-18-24-16-21(2)26(37-24)31-15-12-25(32)29-27(31)33/h3-12,15,21,24,26H,13-14,16-19H2,1-2H3,(H,30,34)(H,29,32,33). The summed E-state index contributed by atoms with van der Waals surface area (Å²) in [4.78, 5) is 26.0. The molecule has 2 fully saturated rings. The fraction of sp³-hybridized carbons (Fsp3) is 0.429. The molecule has 208 valence electrons. The van der Waals surface area contributed by atoms with Crippen LogP contribution >= 0.6 is 7.75 Å². The third kappa shape index (κ3) is 6.96. The first kappa shape index (κ1) is 27.6. The highest BCUT2D eigenvalue weighted by Crippen LogP contribution is 2.52. The lowest BCUT2D eigenvalue weighted by molar-refractivity contribution is -0.0312. The number of para-hydroxylation sites is 1. The highest BCUT2D eigenvalue weighted by atomic mass is 31.2. The monoisotopic (exact) mass is 555 g/mol. The molecule has 11 heteroatoms. The molecule has 4 atom stereocenters. The van der Waals surface area contributed by atoms with E-state index >= 15 is 0 Å². The topological polar surface area (TPSA) is 121 Å². The van der Waals surface area contributed by atoms with Crippen LogP contribution in [-0.4, -0.2) is 34.4 Å². The van der Waals surface area contributed by atoms with Gasteiger partial charge in [-0.15, -0.1) is 0 Å². The minimum Gasteiger partial charge on any atom is -0.413 e. The maximum Gasteiger partial charge on any atom is 0.459 e. The molecule has 0 radical (unpaired) electrons. The van der Waals surface area contributed by atoms with Crippen molar-refractivity contribution in [1.82, 2.24) is 14.6 Å². The lowest BCUT2D eigenvalue weighted by Gasteiger charge is -2.26. The van der Waals surface area contributed by atoms with E-state index < -0.39 is 36.9 Å². The van der Waals surface area contributed by atoms with Gasteiger partial charge in [0.1, 0.15) is 12.0 Å². The van der Waals surface area contributed by atoms with Gasteiger partial charge in [0.25, 0.3) is 5.56 Å². The molecular formula is C28H34N3O7P. The summed E-state index contributed by atoms with van der Waals surface area (Å²) in [5.41, 5.74) is 0.746. The second-order valence-corrected chi connectivity index (χ2v) is 12.0. The van der Waals surface area contributed by atoms with Gasteiger partial charge in [0.15, 0.2) is 0 Å². The smallest absolute Gasteiger partial charge is 0.413 e. The van der Waals surface area contributed by atoms with Crippen LogP contribution in [0.3, 0.4) is 0 Å². The first-order valence-electron chi connectivity index (χ1n) is 13.1. The molecule has 0 bridgehead atoms. The van der Waals surface area contributed by atoms with E-state index in [4.69, 9.17) is 18.5 Å². The molecule has 3 aromatic rings. The third-order valence-corrected chi connectivity index (χ3v) is 8.79. The van der Waals surface area contributed by atoms with Gasteiger partial charge in [-0.1, -0.05) is 49.4 Å². The molecule has 2 aromatic carbocycles. The first-order chi connectivity index (χ1) is 18.7. The van der Waals surface area contributed by atoms with E-state index in [0.717, 1.165) is 24.0 Å². The van der Waals surface area contributed by atoms with Crippen molar-refractivity contribution in [2.45, 2.75) is 57.6 Å². The maximum atomic E-state index is 14.0. The van der Waals surface area contributed by atoms with E-state index in [1.165, 1.54) is 16.8 Å². The number of hydrogen-bond donors (Lipinski definition) is 2. The first-order valence-corrected chi connectivity index (χ1v) is 14.7. The number of hydrogen-bond acceptors (Lipinski definition) is 7. The molecule has 2 aliphatic rings. The lowest BCUT2D eigenvalue weighted by atomic mass is 10.1. The summed E-state index contributed by atoms with van der Waals surface area (Å²) in [5.74, 6) is 0.387. The van der Waals surface area contributed by atoms with Crippen molar-refractivity contribution in [3.63, 3.8) is 0 Å². The molecule has 1 aliphatic heterocycles. The van der Waals surface area contributed by atoms with Gasteiger partial charge in [0.2, 0.25) is 0 Å². The molecule has 5 rings (SSSR count). The molecule has 1 aromatic heterocycles. The molecule has 2 heterocycles. The molecule has 1 saturated heterocycles. The highest BCUT2D eigenvalue weighted by Gasteiger charge is 2.50. The number of nitrogens with one attached hydrogen (secondary N) is 2. The molecule has 1 aliphatic carbocycles. The minimum absolute atomic E-state index is 0.00377. The summed E-state index contributed by atoms with van der Waals surface area (Å²) >= 11 is 0. The molecule has 0 spiro atoms. The second-order valence-electron chi connectivity index (χ2n) is 10.4. The van der Waals surface area contributed by atoms with E-state index in [1.807, 2.05) is 44.2 Å². The molecule has 0 amide bonds. The van der Waals surface area contributed by atoms with E-state index in [9.17, 15) is 14.2 Å². The summed E-state index contributed by atoms with van der Waals surface area (Å²) in [6.07, 6.45) is 2.55. The molecule has 4 unspecified atom stereocenters. The van der Waals surface area contributed by atoms with Gasteiger partial charge in [0.05, 0.1) is 31.5 Å².